The first kappa shape index (κ1) is 20.3. The van der Waals surface area contributed by atoms with E-state index in [4.69, 9.17) is 4.74 Å². The Morgan fingerprint density at radius 3 is 2.61 bits per heavy atom. The van der Waals surface area contributed by atoms with Crippen molar-refractivity contribution in [1.82, 2.24) is 19.7 Å². The molecule has 8 heteroatoms. The number of likely N-dealkylation sites (N-methyl/N-ethyl adjacent to an activating group) is 1. The number of hydrogen-bond acceptors (Lipinski definition) is 6. The highest BCUT2D eigenvalue weighted by molar-refractivity contribution is 7.09. The molecule has 1 aromatic heterocycles. The van der Waals surface area contributed by atoms with Gasteiger partial charge in [0.15, 0.2) is 6.61 Å². The molecule has 2 heterocycles. The molecule has 0 spiro atoms. The molecule has 28 heavy (non-hydrogen) atoms. The van der Waals surface area contributed by atoms with Crippen LogP contribution in [0.2, 0.25) is 0 Å². The lowest BCUT2D eigenvalue weighted by Gasteiger charge is -2.34. The number of carbonyl (C=O) groups is 2. The van der Waals surface area contributed by atoms with Gasteiger partial charge in [-0.3, -0.25) is 14.5 Å². The zero-order valence-electron chi connectivity index (χ0n) is 16.6. The Bertz CT molecular complexity index is 828. The number of ether oxygens (including phenoxy) is 1. The summed E-state index contributed by atoms with van der Waals surface area (Å²) in [6.07, 6.45) is 0. The van der Waals surface area contributed by atoms with Gasteiger partial charge in [0.25, 0.3) is 11.8 Å². The molecule has 0 radical (unpaired) electrons. The SMILES string of the molecule is Cc1nc(CN2CCN(C(=O)c3cccc(OCC(=O)N(C)C)c3)CC2)cs1. The van der Waals surface area contributed by atoms with E-state index < -0.39 is 0 Å². The number of aryl methyl sites for hydroxylation is 1. The Hall–Kier alpha value is -2.45. The van der Waals surface area contributed by atoms with Crippen LogP contribution in [-0.2, 0) is 11.3 Å². The van der Waals surface area contributed by atoms with Crippen LogP contribution in [0.3, 0.4) is 0 Å². The second-order valence-corrected chi connectivity index (χ2v) is 8.09. The van der Waals surface area contributed by atoms with E-state index in [0.29, 0.717) is 24.4 Å². The normalized spacial score (nSPS) is 14.8. The number of benzene rings is 1. The minimum absolute atomic E-state index is 0.00598. The number of amides is 2. The topological polar surface area (TPSA) is 66.0 Å². The molecule has 1 aliphatic rings. The maximum absolute atomic E-state index is 12.8. The maximum atomic E-state index is 12.8. The molecule has 3 rings (SSSR count). The third-order valence-corrected chi connectivity index (χ3v) is 5.48. The summed E-state index contributed by atoms with van der Waals surface area (Å²) in [4.78, 5) is 34.7. The number of aromatic nitrogens is 1. The van der Waals surface area contributed by atoms with E-state index in [0.717, 1.165) is 30.3 Å². The highest BCUT2D eigenvalue weighted by Gasteiger charge is 2.23. The van der Waals surface area contributed by atoms with Crippen molar-refractivity contribution in [3.63, 3.8) is 0 Å². The van der Waals surface area contributed by atoms with Crippen LogP contribution in [-0.4, -0.2) is 78.4 Å². The van der Waals surface area contributed by atoms with Gasteiger partial charge in [0.1, 0.15) is 5.75 Å². The van der Waals surface area contributed by atoms with Crippen LogP contribution in [0, 0.1) is 6.92 Å². The van der Waals surface area contributed by atoms with Gasteiger partial charge in [0.2, 0.25) is 0 Å². The van der Waals surface area contributed by atoms with Crippen LogP contribution in [0.1, 0.15) is 21.1 Å². The van der Waals surface area contributed by atoms with E-state index in [-0.39, 0.29) is 18.4 Å². The van der Waals surface area contributed by atoms with E-state index in [2.05, 4.69) is 15.3 Å². The van der Waals surface area contributed by atoms with Gasteiger partial charge in [-0.15, -0.1) is 11.3 Å². The van der Waals surface area contributed by atoms with E-state index >= 15 is 0 Å². The fraction of sp³-hybridized carbons (Fsp3) is 0.450. The van der Waals surface area contributed by atoms with Crippen molar-refractivity contribution in [2.75, 3.05) is 46.9 Å². The third-order valence-electron chi connectivity index (χ3n) is 4.65. The molecular formula is C20H26N4O3S. The lowest BCUT2D eigenvalue weighted by Crippen LogP contribution is -2.48. The Morgan fingerprint density at radius 1 is 1.21 bits per heavy atom. The average Bonchev–Trinajstić information content (AvgIpc) is 3.11. The molecule has 0 bridgehead atoms. The predicted octanol–water partition coefficient (Wildman–Crippen LogP) is 1.88. The van der Waals surface area contributed by atoms with Gasteiger partial charge in [-0.05, 0) is 25.1 Å². The first-order chi connectivity index (χ1) is 13.4. The number of rotatable bonds is 6. The maximum Gasteiger partial charge on any atom is 0.259 e. The summed E-state index contributed by atoms with van der Waals surface area (Å²) in [5.41, 5.74) is 1.68. The largest absolute Gasteiger partial charge is 0.484 e. The highest BCUT2D eigenvalue weighted by Crippen LogP contribution is 2.17. The molecule has 0 N–H and O–H groups in total. The minimum Gasteiger partial charge on any atom is -0.484 e. The van der Waals surface area contributed by atoms with E-state index in [9.17, 15) is 9.59 Å². The number of carbonyl (C=O) groups excluding carboxylic acids is 2. The summed E-state index contributed by atoms with van der Waals surface area (Å²) < 4.78 is 5.52. The molecule has 7 nitrogen and oxygen atoms in total. The Labute approximate surface area is 169 Å². The van der Waals surface area contributed by atoms with Gasteiger partial charge < -0.3 is 14.5 Å². The molecule has 2 amide bonds. The highest BCUT2D eigenvalue weighted by atomic mass is 32.1. The average molecular weight is 403 g/mol. The van der Waals surface area contributed by atoms with Crippen LogP contribution >= 0.6 is 11.3 Å². The van der Waals surface area contributed by atoms with Crippen molar-refractivity contribution in [3.8, 4) is 5.75 Å². The number of hydrogen-bond donors (Lipinski definition) is 0. The molecule has 2 aromatic rings. The van der Waals surface area contributed by atoms with E-state index in [1.807, 2.05) is 11.8 Å². The predicted molar refractivity (Wildman–Crippen MR) is 109 cm³/mol. The summed E-state index contributed by atoms with van der Waals surface area (Å²) in [6, 6.07) is 7.03. The molecular weight excluding hydrogens is 376 g/mol. The number of nitrogens with zero attached hydrogens (tertiary/aromatic N) is 4. The van der Waals surface area contributed by atoms with Gasteiger partial charge in [-0.1, -0.05) is 6.07 Å². The fourth-order valence-corrected chi connectivity index (χ4v) is 3.60. The van der Waals surface area contributed by atoms with E-state index in [1.165, 1.54) is 4.90 Å². The molecule has 0 unspecified atom stereocenters. The van der Waals surface area contributed by atoms with Crippen LogP contribution < -0.4 is 4.74 Å². The molecule has 0 aliphatic carbocycles. The smallest absolute Gasteiger partial charge is 0.259 e. The van der Waals surface area contributed by atoms with Gasteiger partial charge in [-0.2, -0.15) is 0 Å². The first-order valence-corrected chi connectivity index (χ1v) is 10.2. The van der Waals surface area contributed by atoms with Gasteiger partial charge in [0.05, 0.1) is 10.7 Å². The van der Waals surface area contributed by atoms with Gasteiger partial charge in [0, 0.05) is 57.8 Å². The van der Waals surface area contributed by atoms with Crippen LogP contribution in [0.5, 0.6) is 5.75 Å². The van der Waals surface area contributed by atoms with Crippen molar-refractivity contribution in [3.05, 3.63) is 45.9 Å². The molecule has 1 aliphatic heterocycles. The summed E-state index contributed by atoms with van der Waals surface area (Å²) >= 11 is 1.67. The van der Waals surface area contributed by atoms with Crippen molar-refractivity contribution in [2.24, 2.45) is 0 Å². The molecule has 150 valence electrons. The van der Waals surface area contributed by atoms with Gasteiger partial charge >= 0.3 is 0 Å². The third kappa shape index (κ3) is 5.30. The summed E-state index contributed by atoms with van der Waals surface area (Å²) in [7, 11) is 3.36. The van der Waals surface area contributed by atoms with Crippen LogP contribution in [0.4, 0.5) is 0 Å². The lowest BCUT2D eigenvalue weighted by atomic mass is 10.1. The number of thiazole rings is 1. The second-order valence-electron chi connectivity index (χ2n) is 7.03. The zero-order valence-corrected chi connectivity index (χ0v) is 17.4. The number of piperazine rings is 1. The zero-order chi connectivity index (χ0) is 20.1. The van der Waals surface area contributed by atoms with Crippen LogP contribution in [0.15, 0.2) is 29.6 Å². The minimum atomic E-state index is -0.122. The molecule has 1 fully saturated rings. The molecule has 1 saturated heterocycles. The van der Waals surface area contributed by atoms with Crippen LogP contribution in [0.25, 0.3) is 0 Å². The fourth-order valence-electron chi connectivity index (χ4n) is 2.99. The summed E-state index contributed by atoms with van der Waals surface area (Å²) in [6.45, 7) is 5.83. The quantitative estimate of drug-likeness (QED) is 0.738. The second kappa shape index (κ2) is 9.16. The summed E-state index contributed by atoms with van der Waals surface area (Å²) in [5.74, 6) is 0.398. The van der Waals surface area contributed by atoms with Gasteiger partial charge in [-0.25, -0.2) is 4.98 Å². The summed E-state index contributed by atoms with van der Waals surface area (Å²) in [5, 5.41) is 3.18. The molecule has 0 atom stereocenters. The van der Waals surface area contributed by atoms with Crippen molar-refractivity contribution >= 4 is 23.2 Å². The van der Waals surface area contributed by atoms with Crippen molar-refractivity contribution in [1.29, 1.82) is 0 Å². The van der Waals surface area contributed by atoms with Crippen molar-refractivity contribution < 1.29 is 14.3 Å². The van der Waals surface area contributed by atoms with Crippen molar-refractivity contribution in [2.45, 2.75) is 13.5 Å². The van der Waals surface area contributed by atoms with E-state index in [1.54, 1.807) is 49.7 Å². The Kier molecular flexibility index (Phi) is 6.64. The lowest BCUT2D eigenvalue weighted by molar-refractivity contribution is -0.130. The Morgan fingerprint density at radius 2 is 1.96 bits per heavy atom. The molecule has 1 aromatic carbocycles. The molecule has 0 saturated carbocycles. The standard InChI is InChI=1S/C20H26N4O3S/c1-15-21-17(14-28-15)12-23-7-9-24(10-8-23)20(26)16-5-4-6-18(11-16)27-13-19(25)22(2)3/h4-6,11,14H,7-10,12-13H2,1-3H3. The monoisotopic (exact) mass is 402 g/mol. The Balaban J connectivity index is 1.53. The first-order valence-electron chi connectivity index (χ1n) is 9.28.